The topological polar surface area (TPSA) is 84.9 Å². The number of ether oxygens (including phenoxy) is 2. The summed E-state index contributed by atoms with van der Waals surface area (Å²) in [5.74, 6) is 0.514. The predicted molar refractivity (Wildman–Crippen MR) is 103 cm³/mol. The average molecular weight is 390 g/mol. The summed E-state index contributed by atoms with van der Waals surface area (Å²) in [7, 11) is -0.667. The van der Waals surface area contributed by atoms with Crippen LogP contribution in [0.1, 0.15) is 12.0 Å². The maximum Gasteiger partial charge on any atom is 0.262 e. The number of sulfonamides is 1. The van der Waals surface area contributed by atoms with Crippen LogP contribution in [0.25, 0.3) is 0 Å². The summed E-state index contributed by atoms with van der Waals surface area (Å²) in [4.78, 5) is 14.0. The average Bonchev–Trinajstić information content (AvgIpc) is 2.67. The number of fused-ring (bicyclic) bond motifs is 1. The zero-order valence-corrected chi connectivity index (χ0v) is 16.1. The Bertz CT molecular complexity index is 943. The van der Waals surface area contributed by atoms with E-state index in [4.69, 9.17) is 9.47 Å². The van der Waals surface area contributed by atoms with E-state index in [-0.39, 0.29) is 10.8 Å². The Morgan fingerprint density at radius 2 is 1.93 bits per heavy atom. The zero-order valence-electron chi connectivity index (χ0n) is 15.3. The Balaban J connectivity index is 1.85. The summed E-state index contributed by atoms with van der Waals surface area (Å²) in [5, 5.41) is 0. The van der Waals surface area contributed by atoms with Crippen LogP contribution < -0.4 is 14.4 Å². The second kappa shape index (κ2) is 7.98. The minimum absolute atomic E-state index is 0.0456. The first-order chi connectivity index (χ1) is 12.9. The minimum Gasteiger partial charge on any atom is -0.497 e. The highest BCUT2D eigenvalue weighted by atomic mass is 32.2. The molecule has 0 atom stereocenters. The number of amides is 1. The van der Waals surface area contributed by atoms with Gasteiger partial charge in [-0.15, -0.1) is 0 Å². The molecular weight excluding hydrogens is 368 g/mol. The molecule has 1 N–H and O–H groups in total. The molecule has 3 rings (SSSR count). The lowest BCUT2D eigenvalue weighted by Crippen LogP contribution is -2.37. The predicted octanol–water partition coefficient (Wildman–Crippen LogP) is 2.42. The maximum absolute atomic E-state index is 12.6. The molecule has 1 aliphatic heterocycles. The summed E-state index contributed by atoms with van der Waals surface area (Å²) < 4.78 is 38.0. The van der Waals surface area contributed by atoms with Crippen molar-refractivity contribution in [3.8, 4) is 5.75 Å². The lowest BCUT2D eigenvalue weighted by Gasteiger charge is -2.29. The number of nitrogens with one attached hydrogen (secondary N) is 1. The molecule has 144 valence electrons. The van der Waals surface area contributed by atoms with E-state index in [0.29, 0.717) is 37.4 Å². The number of nitrogens with zero attached hydrogens (tertiary/aromatic N) is 1. The van der Waals surface area contributed by atoms with Crippen molar-refractivity contribution in [2.45, 2.75) is 17.7 Å². The molecule has 1 aliphatic rings. The first-order valence-corrected chi connectivity index (χ1v) is 10.0. The molecule has 1 amide bonds. The Kier molecular flexibility index (Phi) is 5.67. The molecule has 2 aromatic rings. The van der Waals surface area contributed by atoms with E-state index in [1.807, 2.05) is 0 Å². The Morgan fingerprint density at radius 3 is 2.67 bits per heavy atom. The van der Waals surface area contributed by atoms with Crippen molar-refractivity contribution in [3.05, 3.63) is 48.0 Å². The van der Waals surface area contributed by atoms with Gasteiger partial charge in [-0.1, -0.05) is 6.07 Å². The van der Waals surface area contributed by atoms with E-state index >= 15 is 0 Å². The summed E-state index contributed by atoms with van der Waals surface area (Å²) in [6.07, 6.45) is 0.967. The fraction of sp³-hybridized carbons (Fsp3) is 0.316. The fourth-order valence-electron chi connectivity index (χ4n) is 3.03. The smallest absolute Gasteiger partial charge is 0.262 e. The fourth-order valence-corrected chi connectivity index (χ4v) is 4.12. The molecule has 0 unspecified atom stereocenters. The molecule has 0 aromatic heterocycles. The monoisotopic (exact) mass is 390 g/mol. The third-order valence-corrected chi connectivity index (χ3v) is 5.78. The second-order valence-electron chi connectivity index (χ2n) is 6.17. The molecule has 2 aromatic carbocycles. The van der Waals surface area contributed by atoms with Gasteiger partial charge in [0, 0.05) is 37.5 Å². The van der Waals surface area contributed by atoms with Crippen molar-refractivity contribution in [3.63, 3.8) is 0 Å². The first-order valence-electron chi connectivity index (χ1n) is 8.53. The van der Waals surface area contributed by atoms with Gasteiger partial charge in [0.1, 0.15) is 5.75 Å². The number of hydrogen-bond donors (Lipinski definition) is 1. The van der Waals surface area contributed by atoms with Gasteiger partial charge in [-0.25, -0.2) is 8.42 Å². The minimum atomic E-state index is -3.74. The van der Waals surface area contributed by atoms with Crippen molar-refractivity contribution in [1.29, 1.82) is 0 Å². The van der Waals surface area contributed by atoms with E-state index in [1.54, 1.807) is 42.3 Å². The number of carbonyl (C=O) groups is 1. The lowest BCUT2D eigenvalue weighted by molar-refractivity contribution is -0.119. The normalized spacial score (nSPS) is 14.0. The molecule has 1 heterocycles. The number of benzene rings is 2. The van der Waals surface area contributed by atoms with Gasteiger partial charge in [0.25, 0.3) is 10.0 Å². The molecule has 0 spiro atoms. The number of rotatable bonds is 7. The highest BCUT2D eigenvalue weighted by Crippen LogP contribution is 2.31. The second-order valence-corrected chi connectivity index (χ2v) is 7.85. The lowest BCUT2D eigenvalue weighted by atomic mass is 10.0. The van der Waals surface area contributed by atoms with Gasteiger partial charge >= 0.3 is 0 Å². The molecule has 27 heavy (non-hydrogen) atoms. The summed E-state index contributed by atoms with van der Waals surface area (Å²) in [6, 6.07) is 11.5. The van der Waals surface area contributed by atoms with Crippen LogP contribution in [0.15, 0.2) is 47.4 Å². The van der Waals surface area contributed by atoms with Crippen LogP contribution in [0.4, 0.5) is 11.4 Å². The summed E-state index contributed by atoms with van der Waals surface area (Å²) in [6.45, 7) is 0.909. The number of carbonyl (C=O) groups excluding carboxylic acids is 1. The van der Waals surface area contributed by atoms with Crippen molar-refractivity contribution in [1.82, 2.24) is 0 Å². The van der Waals surface area contributed by atoms with Crippen molar-refractivity contribution in [2.75, 3.05) is 37.0 Å². The van der Waals surface area contributed by atoms with Gasteiger partial charge in [0.15, 0.2) is 0 Å². The van der Waals surface area contributed by atoms with Crippen molar-refractivity contribution >= 4 is 27.3 Å². The molecule has 8 heteroatoms. The first kappa shape index (κ1) is 19.2. The van der Waals surface area contributed by atoms with Gasteiger partial charge < -0.3 is 14.4 Å². The Morgan fingerprint density at radius 1 is 1.11 bits per heavy atom. The van der Waals surface area contributed by atoms with Crippen LogP contribution >= 0.6 is 0 Å². The third-order valence-electron chi connectivity index (χ3n) is 4.40. The standard InChI is InChI=1S/C19H22N2O5S/c1-25-11-10-21-18-8-7-15(12-14(18)6-9-19(21)22)20-27(23,24)17-5-3-4-16(13-17)26-2/h3-5,7-8,12-13,20H,6,9-11H2,1-2H3. The van der Waals surface area contributed by atoms with Gasteiger partial charge in [-0.3, -0.25) is 9.52 Å². The largest absolute Gasteiger partial charge is 0.497 e. The SMILES string of the molecule is COCCN1C(=O)CCc2cc(NS(=O)(=O)c3cccc(OC)c3)ccc21. The number of hydrogen-bond acceptors (Lipinski definition) is 5. The van der Waals surface area contributed by atoms with E-state index in [1.165, 1.54) is 19.2 Å². The Labute approximate surface area is 158 Å². The Hall–Kier alpha value is -2.58. The molecule has 0 saturated carbocycles. The van der Waals surface area contributed by atoms with Crippen molar-refractivity contribution in [2.24, 2.45) is 0 Å². The number of methoxy groups -OCH3 is 2. The van der Waals surface area contributed by atoms with Gasteiger partial charge in [-0.05, 0) is 42.3 Å². The van der Waals surface area contributed by atoms with E-state index in [0.717, 1.165) is 11.3 Å². The molecule has 0 radical (unpaired) electrons. The molecule has 0 saturated heterocycles. The van der Waals surface area contributed by atoms with E-state index < -0.39 is 10.0 Å². The quantitative estimate of drug-likeness (QED) is 0.785. The third kappa shape index (κ3) is 4.23. The highest BCUT2D eigenvalue weighted by molar-refractivity contribution is 7.92. The summed E-state index contributed by atoms with van der Waals surface area (Å²) >= 11 is 0. The van der Waals surface area contributed by atoms with E-state index in [9.17, 15) is 13.2 Å². The molecule has 0 aliphatic carbocycles. The van der Waals surface area contributed by atoms with Gasteiger partial charge in [0.05, 0.1) is 18.6 Å². The molecule has 0 fully saturated rings. The van der Waals surface area contributed by atoms with Gasteiger partial charge in [-0.2, -0.15) is 0 Å². The molecule has 0 bridgehead atoms. The van der Waals surface area contributed by atoms with Crippen LogP contribution in [0.2, 0.25) is 0 Å². The van der Waals surface area contributed by atoms with Crippen LogP contribution in [0, 0.1) is 0 Å². The zero-order chi connectivity index (χ0) is 19.4. The maximum atomic E-state index is 12.6. The van der Waals surface area contributed by atoms with Crippen LogP contribution in [0.3, 0.4) is 0 Å². The van der Waals surface area contributed by atoms with E-state index in [2.05, 4.69) is 4.72 Å². The molecule has 7 nitrogen and oxygen atoms in total. The van der Waals surface area contributed by atoms with Crippen molar-refractivity contribution < 1.29 is 22.7 Å². The van der Waals surface area contributed by atoms with Crippen LogP contribution in [0.5, 0.6) is 5.75 Å². The number of aryl methyl sites for hydroxylation is 1. The number of anilines is 2. The summed E-state index contributed by atoms with van der Waals surface area (Å²) in [5.41, 5.74) is 2.18. The van der Waals surface area contributed by atoms with Crippen LogP contribution in [-0.4, -0.2) is 41.7 Å². The molecular formula is C19H22N2O5S. The highest BCUT2D eigenvalue weighted by Gasteiger charge is 2.24. The van der Waals surface area contributed by atoms with Gasteiger partial charge in [0.2, 0.25) is 5.91 Å². The van der Waals surface area contributed by atoms with Crippen LogP contribution in [-0.2, 0) is 26.0 Å².